The number of aliphatic imine (C=N–C) groups is 1. The topological polar surface area (TPSA) is 273 Å². The van der Waals surface area contributed by atoms with Crippen LogP contribution in [0.3, 0.4) is 0 Å². The monoisotopic (exact) mass is 569 g/mol. The highest BCUT2D eigenvalue weighted by Gasteiger charge is 2.30. The third-order valence-corrected chi connectivity index (χ3v) is 5.75. The van der Waals surface area contributed by atoms with Crippen LogP contribution >= 0.6 is 12.6 Å². The van der Waals surface area contributed by atoms with Gasteiger partial charge in [0.05, 0.1) is 6.04 Å². The highest BCUT2D eigenvalue weighted by Crippen LogP contribution is 2.11. The number of phenolic OH excluding ortho intramolecular Hbond substituents is 1. The first kappa shape index (κ1) is 33.0. The van der Waals surface area contributed by atoms with Gasteiger partial charge in [0.2, 0.25) is 17.7 Å². The number of thiol groups is 1. The van der Waals surface area contributed by atoms with Crippen LogP contribution in [0.4, 0.5) is 0 Å². The SMILES string of the molecule is NC(N)=NCCCC(NC(=O)C(N)Cc1ccc(O)cc1)C(=O)NC(CS)C(=O)NC(CCC(=O)O)C(=O)O. The number of carboxylic acid groups (broad SMARTS) is 2. The van der Waals surface area contributed by atoms with Crippen molar-refractivity contribution in [2.45, 2.75) is 56.3 Å². The van der Waals surface area contributed by atoms with E-state index in [2.05, 4.69) is 33.6 Å². The molecule has 4 atom stereocenters. The molecule has 0 fully saturated rings. The molecule has 0 heterocycles. The van der Waals surface area contributed by atoms with Gasteiger partial charge in [-0.25, -0.2) is 4.79 Å². The third-order valence-electron chi connectivity index (χ3n) is 5.38. The molecule has 0 aromatic heterocycles. The van der Waals surface area contributed by atoms with Crippen molar-refractivity contribution in [2.24, 2.45) is 22.2 Å². The number of aromatic hydroxyl groups is 1. The number of nitrogens with one attached hydrogen (secondary N) is 3. The molecule has 1 rings (SSSR count). The van der Waals surface area contributed by atoms with Gasteiger partial charge < -0.3 is 48.5 Å². The molecule has 0 saturated heterocycles. The molecule has 0 aliphatic rings. The summed E-state index contributed by atoms with van der Waals surface area (Å²) < 4.78 is 0. The first-order chi connectivity index (χ1) is 18.3. The van der Waals surface area contributed by atoms with Gasteiger partial charge in [-0.2, -0.15) is 12.6 Å². The molecular weight excluding hydrogens is 534 g/mol. The Morgan fingerprint density at radius 3 is 1.97 bits per heavy atom. The molecule has 0 saturated carbocycles. The largest absolute Gasteiger partial charge is 0.508 e. The Hall–Kier alpha value is -4.05. The van der Waals surface area contributed by atoms with E-state index in [9.17, 15) is 34.2 Å². The molecule has 39 heavy (non-hydrogen) atoms. The lowest BCUT2D eigenvalue weighted by Gasteiger charge is -2.24. The van der Waals surface area contributed by atoms with Crippen molar-refractivity contribution in [2.75, 3.05) is 12.3 Å². The zero-order valence-corrected chi connectivity index (χ0v) is 22.0. The molecule has 0 bridgehead atoms. The van der Waals surface area contributed by atoms with Gasteiger partial charge in [0.1, 0.15) is 23.9 Å². The predicted octanol–water partition coefficient (Wildman–Crippen LogP) is -2.35. The average Bonchev–Trinajstić information content (AvgIpc) is 2.87. The lowest BCUT2D eigenvalue weighted by molar-refractivity contribution is -0.143. The van der Waals surface area contributed by atoms with Crippen LogP contribution in [0, 0.1) is 0 Å². The maximum absolute atomic E-state index is 13.0. The summed E-state index contributed by atoms with van der Waals surface area (Å²) in [5.74, 6) is -5.33. The van der Waals surface area contributed by atoms with E-state index in [0.717, 1.165) is 0 Å². The van der Waals surface area contributed by atoms with Crippen molar-refractivity contribution < 1.29 is 39.3 Å². The highest BCUT2D eigenvalue weighted by molar-refractivity contribution is 7.80. The molecule has 0 spiro atoms. The molecule has 1 aromatic rings. The number of hydrogen-bond donors (Lipinski definition) is 10. The van der Waals surface area contributed by atoms with Crippen LogP contribution in [0.2, 0.25) is 0 Å². The van der Waals surface area contributed by atoms with Gasteiger partial charge in [0, 0.05) is 18.7 Å². The Labute approximate surface area is 230 Å². The van der Waals surface area contributed by atoms with E-state index in [-0.39, 0.29) is 49.7 Å². The van der Waals surface area contributed by atoms with Crippen LogP contribution in [0.25, 0.3) is 0 Å². The van der Waals surface area contributed by atoms with E-state index >= 15 is 0 Å². The number of carbonyl (C=O) groups excluding carboxylic acids is 3. The van der Waals surface area contributed by atoms with Gasteiger partial charge in [-0.05, 0) is 43.4 Å². The summed E-state index contributed by atoms with van der Waals surface area (Å²) in [6.07, 6.45) is -0.409. The van der Waals surface area contributed by atoms with Gasteiger partial charge in [0.15, 0.2) is 5.96 Å². The van der Waals surface area contributed by atoms with Crippen molar-refractivity contribution in [3.8, 4) is 5.75 Å². The van der Waals surface area contributed by atoms with Gasteiger partial charge in [-0.15, -0.1) is 0 Å². The Morgan fingerprint density at radius 2 is 1.44 bits per heavy atom. The van der Waals surface area contributed by atoms with Crippen LogP contribution in [-0.2, 0) is 30.4 Å². The van der Waals surface area contributed by atoms with E-state index in [1.54, 1.807) is 12.1 Å². The van der Waals surface area contributed by atoms with Gasteiger partial charge in [0.25, 0.3) is 0 Å². The number of amides is 3. The molecule has 1 aromatic carbocycles. The molecule has 0 aliphatic heterocycles. The summed E-state index contributed by atoms with van der Waals surface area (Å²) in [6, 6.07) is 1.08. The quantitative estimate of drug-likeness (QED) is 0.0410. The van der Waals surface area contributed by atoms with Gasteiger partial charge >= 0.3 is 11.9 Å². The van der Waals surface area contributed by atoms with Crippen molar-refractivity contribution in [3.63, 3.8) is 0 Å². The number of nitrogens with two attached hydrogens (primary N) is 3. The number of nitrogens with zero attached hydrogens (tertiary/aromatic N) is 1. The van der Waals surface area contributed by atoms with Crippen molar-refractivity contribution >= 4 is 48.2 Å². The summed E-state index contributed by atoms with van der Waals surface area (Å²) in [6.45, 7) is 0.155. The fraction of sp³-hybridized carbons (Fsp3) is 0.478. The van der Waals surface area contributed by atoms with Crippen molar-refractivity contribution in [1.29, 1.82) is 0 Å². The van der Waals surface area contributed by atoms with Crippen molar-refractivity contribution in [3.05, 3.63) is 29.8 Å². The van der Waals surface area contributed by atoms with E-state index in [4.69, 9.17) is 22.3 Å². The van der Waals surface area contributed by atoms with E-state index in [0.29, 0.717) is 5.56 Å². The Morgan fingerprint density at radius 1 is 0.872 bits per heavy atom. The zero-order valence-electron chi connectivity index (χ0n) is 21.1. The number of guanidine groups is 1. The number of aliphatic carboxylic acids is 2. The summed E-state index contributed by atoms with van der Waals surface area (Å²) in [4.78, 5) is 64.4. The first-order valence-electron chi connectivity index (χ1n) is 11.9. The fourth-order valence-corrected chi connectivity index (χ4v) is 3.55. The normalized spacial score (nSPS) is 13.7. The third kappa shape index (κ3) is 12.8. The van der Waals surface area contributed by atoms with Gasteiger partial charge in [-0.3, -0.25) is 24.2 Å². The van der Waals surface area contributed by atoms with Crippen LogP contribution in [-0.4, -0.2) is 87.4 Å². The Balaban J connectivity index is 2.92. The maximum Gasteiger partial charge on any atom is 0.326 e. The highest BCUT2D eigenvalue weighted by atomic mass is 32.1. The number of benzene rings is 1. The van der Waals surface area contributed by atoms with Crippen molar-refractivity contribution in [1.82, 2.24) is 16.0 Å². The zero-order chi connectivity index (χ0) is 29.5. The second-order valence-corrected chi connectivity index (χ2v) is 8.93. The predicted molar refractivity (Wildman–Crippen MR) is 144 cm³/mol. The minimum atomic E-state index is -1.50. The van der Waals surface area contributed by atoms with Crippen LogP contribution < -0.4 is 33.2 Å². The van der Waals surface area contributed by atoms with E-state index < -0.39 is 60.2 Å². The van der Waals surface area contributed by atoms with E-state index in [1.165, 1.54) is 12.1 Å². The molecule has 15 nitrogen and oxygen atoms in total. The number of hydrogen-bond acceptors (Lipinski definition) is 9. The standard InChI is InChI=1S/C23H35N7O8S/c24-14(10-12-3-5-13(31)6-4-12)19(34)28-15(2-1-9-27-23(25)26)20(35)30-17(11-39)21(36)29-16(22(37)38)7-8-18(32)33/h3-6,14-17,31,39H,1-2,7-11,24H2,(H,28,34)(H,29,36)(H,30,35)(H,32,33)(H,37,38)(H4,25,26,27). The molecule has 216 valence electrons. The smallest absolute Gasteiger partial charge is 0.326 e. The number of carbonyl (C=O) groups is 5. The Kier molecular flexibility index (Phi) is 14.1. The summed E-state index contributed by atoms with van der Waals surface area (Å²) >= 11 is 4.04. The van der Waals surface area contributed by atoms with Crippen LogP contribution in [0.15, 0.2) is 29.3 Å². The molecule has 16 heteroatoms. The second kappa shape index (κ2) is 16.7. The van der Waals surface area contributed by atoms with Crippen LogP contribution in [0.1, 0.15) is 31.2 Å². The lowest BCUT2D eigenvalue weighted by atomic mass is 10.0. The second-order valence-electron chi connectivity index (χ2n) is 8.56. The first-order valence-corrected chi connectivity index (χ1v) is 12.5. The molecule has 0 aliphatic carbocycles. The van der Waals surface area contributed by atoms with Gasteiger partial charge in [-0.1, -0.05) is 12.1 Å². The molecule has 12 N–H and O–H groups in total. The molecule has 3 amide bonds. The number of rotatable bonds is 17. The molecule has 4 unspecified atom stereocenters. The van der Waals surface area contributed by atoms with Crippen LogP contribution in [0.5, 0.6) is 5.75 Å². The summed E-state index contributed by atoms with van der Waals surface area (Å²) in [7, 11) is 0. The maximum atomic E-state index is 13.0. The summed E-state index contributed by atoms with van der Waals surface area (Å²) in [5, 5.41) is 34.6. The molecular formula is C23H35N7O8S. The average molecular weight is 570 g/mol. The Bertz CT molecular complexity index is 1030. The summed E-state index contributed by atoms with van der Waals surface area (Å²) in [5.41, 5.74) is 17.3. The molecule has 0 radical (unpaired) electrons. The lowest BCUT2D eigenvalue weighted by Crippen LogP contribution is -2.57. The fourth-order valence-electron chi connectivity index (χ4n) is 3.29. The minimum Gasteiger partial charge on any atom is -0.508 e. The minimum absolute atomic E-state index is 0.0497. The number of carboxylic acids is 2. The number of phenols is 1. The van der Waals surface area contributed by atoms with E-state index in [1.807, 2.05) is 0 Å².